The summed E-state index contributed by atoms with van der Waals surface area (Å²) in [5.41, 5.74) is 1.07. The van der Waals surface area contributed by atoms with Crippen molar-refractivity contribution in [3.63, 3.8) is 0 Å². The maximum absolute atomic E-state index is 13.8. The Balaban J connectivity index is 1.62. The van der Waals surface area contributed by atoms with E-state index < -0.39 is 16.9 Å². The fourth-order valence-electron chi connectivity index (χ4n) is 4.52. The first-order valence-electron chi connectivity index (χ1n) is 12.5. The summed E-state index contributed by atoms with van der Waals surface area (Å²) in [6.45, 7) is 5.20. The number of carbonyl (C=O) groups is 1. The second-order valence-electron chi connectivity index (χ2n) is 9.43. The first kappa shape index (κ1) is 28.1. The number of halogens is 1. The molecular weight excluding hydrogens is 570 g/mol. The molecule has 210 valence electrons. The predicted molar refractivity (Wildman–Crippen MR) is 154 cm³/mol. The lowest BCUT2D eigenvalue weighted by molar-refractivity contribution is -0.384. The number of thiazole rings is 1. The molecule has 0 saturated heterocycles. The third-order valence-corrected chi connectivity index (χ3v) is 7.57. The van der Waals surface area contributed by atoms with Gasteiger partial charge in [-0.25, -0.2) is 9.79 Å². The van der Waals surface area contributed by atoms with E-state index in [9.17, 15) is 19.7 Å². The molecule has 1 unspecified atom stereocenters. The second-order valence-corrected chi connectivity index (χ2v) is 10.9. The second kappa shape index (κ2) is 11.2. The number of nitro benzene ring substituents is 1. The van der Waals surface area contributed by atoms with Crippen molar-refractivity contribution in [3.05, 3.63) is 112 Å². The number of ether oxygens (including phenoxy) is 2. The van der Waals surface area contributed by atoms with Crippen LogP contribution in [0.25, 0.3) is 17.4 Å². The molecule has 2 aromatic carbocycles. The Morgan fingerprint density at radius 3 is 2.59 bits per heavy atom. The number of rotatable bonds is 7. The van der Waals surface area contributed by atoms with Crippen LogP contribution in [0.5, 0.6) is 5.75 Å². The first-order chi connectivity index (χ1) is 19.6. The zero-order valence-electron chi connectivity index (χ0n) is 22.4. The van der Waals surface area contributed by atoms with Gasteiger partial charge in [-0.15, -0.1) is 0 Å². The van der Waals surface area contributed by atoms with E-state index in [2.05, 4.69) is 4.99 Å². The summed E-state index contributed by atoms with van der Waals surface area (Å²) in [7, 11) is 1.43. The van der Waals surface area contributed by atoms with Gasteiger partial charge in [-0.3, -0.25) is 19.5 Å². The number of furan rings is 1. The maximum atomic E-state index is 13.8. The van der Waals surface area contributed by atoms with Gasteiger partial charge in [-0.2, -0.15) is 0 Å². The Morgan fingerprint density at radius 1 is 1.20 bits per heavy atom. The molecule has 0 spiro atoms. The molecule has 2 aromatic heterocycles. The SMILES string of the molecule is COc1ccc(-c2ccc(/C=c3\sc4n(c3=O)C(c3ccc(Cl)cc3)C(C(=O)OC(C)C)=C(C)N=4)o2)c([N+](=O)[O-])c1. The maximum Gasteiger partial charge on any atom is 0.338 e. The average Bonchev–Trinajstić information content (AvgIpc) is 3.51. The van der Waals surface area contributed by atoms with Gasteiger partial charge in [0.2, 0.25) is 0 Å². The number of benzene rings is 2. The van der Waals surface area contributed by atoms with E-state index in [1.54, 1.807) is 75.4 Å². The number of aromatic nitrogens is 1. The molecular formula is C29H24ClN3O7S. The van der Waals surface area contributed by atoms with Crippen LogP contribution in [0.4, 0.5) is 5.69 Å². The highest BCUT2D eigenvalue weighted by Crippen LogP contribution is 2.35. The van der Waals surface area contributed by atoms with Crippen LogP contribution in [0.3, 0.4) is 0 Å². The third-order valence-electron chi connectivity index (χ3n) is 6.34. The quantitative estimate of drug-likeness (QED) is 0.167. The molecule has 0 radical (unpaired) electrons. The Bertz CT molecular complexity index is 1880. The van der Waals surface area contributed by atoms with Gasteiger partial charge in [0, 0.05) is 11.1 Å². The van der Waals surface area contributed by atoms with Crippen molar-refractivity contribution < 1.29 is 23.6 Å². The topological polar surface area (TPSA) is 126 Å². The zero-order valence-corrected chi connectivity index (χ0v) is 24.0. The summed E-state index contributed by atoms with van der Waals surface area (Å²) in [5, 5.41) is 12.2. The molecule has 0 N–H and O–H groups in total. The molecule has 0 saturated carbocycles. The number of hydrogen-bond donors (Lipinski definition) is 0. The molecule has 41 heavy (non-hydrogen) atoms. The molecule has 0 bridgehead atoms. The minimum Gasteiger partial charge on any atom is -0.497 e. The minimum atomic E-state index is -0.786. The van der Waals surface area contributed by atoms with Crippen LogP contribution >= 0.6 is 22.9 Å². The highest BCUT2D eigenvalue weighted by molar-refractivity contribution is 7.07. The van der Waals surface area contributed by atoms with E-state index in [-0.39, 0.29) is 34.2 Å². The normalized spacial score (nSPS) is 15.1. The van der Waals surface area contributed by atoms with Crippen molar-refractivity contribution in [2.24, 2.45) is 4.99 Å². The number of allylic oxidation sites excluding steroid dienone is 1. The molecule has 0 amide bonds. The highest BCUT2D eigenvalue weighted by atomic mass is 35.5. The lowest BCUT2D eigenvalue weighted by Gasteiger charge is -2.25. The molecule has 1 aliphatic rings. The number of fused-ring (bicyclic) bond motifs is 1. The first-order valence-corrected chi connectivity index (χ1v) is 13.7. The number of carbonyl (C=O) groups excluding carboxylic acids is 1. The van der Waals surface area contributed by atoms with Crippen molar-refractivity contribution >= 4 is 40.7 Å². The number of nitrogens with zero attached hydrogens (tertiary/aromatic N) is 3. The average molecular weight is 594 g/mol. The van der Waals surface area contributed by atoms with Crippen molar-refractivity contribution in [3.8, 4) is 17.1 Å². The van der Waals surface area contributed by atoms with Gasteiger partial charge in [-0.1, -0.05) is 35.1 Å². The van der Waals surface area contributed by atoms with E-state index in [0.29, 0.717) is 37.1 Å². The van der Waals surface area contributed by atoms with Crippen LogP contribution in [-0.2, 0) is 9.53 Å². The number of nitro groups is 1. The molecule has 4 aromatic rings. The predicted octanol–water partition coefficient (Wildman–Crippen LogP) is 5.02. The van der Waals surface area contributed by atoms with Crippen molar-refractivity contribution in [2.45, 2.75) is 32.9 Å². The fourth-order valence-corrected chi connectivity index (χ4v) is 5.68. The molecule has 0 fully saturated rings. The minimum absolute atomic E-state index is 0.177. The van der Waals surface area contributed by atoms with Gasteiger partial charge in [0.1, 0.15) is 17.3 Å². The lowest BCUT2D eigenvalue weighted by Crippen LogP contribution is -2.40. The number of hydrogen-bond acceptors (Lipinski definition) is 9. The summed E-state index contributed by atoms with van der Waals surface area (Å²) in [5.74, 6) is 0.350. The van der Waals surface area contributed by atoms with Crippen molar-refractivity contribution in [2.75, 3.05) is 7.11 Å². The Morgan fingerprint density at radius 2 is 1.93 bits per heavy atom. The van der Waals surface area contributed by atoms with Gasteiger partial charge in [0.15, 0.2) is 4.80 Å². The standard InChI is InChI=1S/C29H24ClN3O7S/c1-15(2)39-28(35)25-16(3)31-29-32(26(25)17-5-7-18(30)8-6-17)27(34)24(41-29)14-20-10-12-23(40-20)21-11-9-19(38-4)13-22(21)33(36)37/h5-15,26H,1-4H3/b24-14-. The zero-order chi connectivity index (χ0) is 29.4. The summed E-state index contributed by atoms with van der Waals surface area (Å²) in [4.78, 5) is 43.1. The smallest absolute Gasteiger partial charge is 0.338 e. The number of methoxy groups -OCH3 is 1. The summed E-state index contributed by atoms with van der Waals surface area (Å²) < 4.78 is 18.3. The van der Waals surface area contributed by atoms with Gasteiger partial charge >= 0.3 is 5.97 Å². The molecule has 0 aliphatic carbocycles. The van der Waals surface area contributed by atoms with Crippen molar-refractivity contribution in [1.82, 2.24) is 4.57 Å². The van der Waals surface area contributed by atoms with Crippen LogP contribution in [0.1, 0.15) is 38.1 Å². The van der Waals surface area contributed by atoms with Crippen LogP contribution in [-0.4, -0.2) is 28.7 Å². The Hall–Kier alpha value is -4.48. The Kier molecular flexibility index (Phi) is 7.65. The molecule has 12 heteroatoms. The molecule has 3 heterocycles. The van der Waals surface area contributed by atoms with Gasteiger partial charge in [-0.05, 0) is 62.7 Å². The fraction of sp³-hybridized carbons (Fsp3) is 0.207. The van der Waals surface area contributed by atoms with Crippen LogP contribution < -0.4 is 19.6 Å². The Labute approximate surface area is 242 Å². The van der Waals surface area contributed by atoms with E-state index in [4.69, 9.17) is 25.5 Å². The lowest BCUT2D eigenvalue weighted by atomic mass is 9.96. The number of esters is 1. The molecule has 10 nitrogen and oxygen atoms in total. The van der Waals surface area contributed by atoms with Crippen molar-refractivity contribution in [1.29, 1.82) is 0 Å². The molecule has 5 rings (SSSR count). The summed E-state index contributed by atoms with van der Waals surface area (Å²) >= 11 is 7.25. The van der Waals surface area contributed by atoms with Gasteiger partial charge in [0.05, 0.1) is 51.6 Å². The molecule has 1 atom stereocenters. The van der Waals surface area contributed by atoms with Crippen LogP contribution in [0.15, 0.2) is 80.1 Å². The van der Waals surface area contributed by atoms with Crippen LogP contribution in [0, 0.1) is 10.1 Å². The monoisotopic (exact) mass is 593 g/mol. The van der Waals surface area contributed by atoms with E-state index in [1.165, 1.54) is 17.7 Å². The van der Waals surface area contributed by atoms with E-state index >= 15 is 0 Å². The third kappa shape index (κ3) is 5.46. The highest BCUT2D eigenvalue weighted by Gasteiger charge is 2.33. The van der Waals surface area contributed by atoms with E-state index in [0.717, 1.165) is 11.3 Å². The largest absolute Gasteiger partial charge is 0.497 e. The molecule has 1 aliphatic heterocycles. The van der Waals surface area contributed by atoms with Gasteiger partial charge < -0.3 is 13.9 Å². The van der Waals surface area contributed by atoms with E-state index in [1.807, 2.05) is 0 Å². The summed E-state index contributed by atoms with van der Waals surface area (Å²) in [6, 6.07) is 13.8. The van der Waals surface area contributed by atoms with Gasteiger partial charge in [0.25, 0.3) is 11.2 Å². The van der Waals surface area contributed by atoms with Crippen LogP contribution in [0.2, 0.25) is 5.02 Å². The summed E-state index contributed by atoms with van der Waals surface area (Å²) in [6.07, 6.45) is 1.18.